The summed E-state index contributed by atoms with van der Waals surface area (Å²) in [6.45, 7) is 1.99. The summed E-state index contributed by atoms with van der Waals surface area (Å²) in [6.07, 6.45) is 2.22. The van der Waals surface area contributed by atoms with Crippen LogP contribution in [0.5, 0.6) is 5.75 Å². The van der Waals surface area contributed by atoms with Crippen molar-refractivity contribution < 1.29 is 22.1 Å². The maximum absolute atomic E-state index is 14.0. The van der Waals surface area contributed by atoms with Gasteiger partial charge in [0.2, 0.25) is 5.95 Å². The van der Waals surface area contributed by atoms with Gasteiger partial charge in [0.1, 0.15) is 29.0 Å². The lowest BCUT2D eigenvalue weighted by Crippen LogP contribution is -2.05. The van der Waals surface area contributed by atoms with Gasteiger partial charge in [-0.3, -0.25) is 4.78 Å². The van der Waals surface area contributed by atoms with Crippen molar-refractivity contribution in [1.29, 1.82) is 4.78 Å². The number of rotatable bonds is 7. The first kappa shape index (κ1) is 21.6. The Labute approximate surface area is 172 Å². The molecule has 158 valence electrons. The molecule has 0 fully saturated rings. The summed E-state index contributed by atoms with van der Waals surface area (Å²) in [5.41, 5.74) is 0.950. The van der Waals surface area contributed by atoms with Crippen molar-refractivity contribution in [3.05, 3.63) is 65.7 Å². The van der Waals surface area contributed by atoms with Crippen LogP contribution in [-0.4, -0.2) is 27.0 Å². The van der Waals surface area contributed by atoms with Crippen LogP contribution in [0, 0.1) is 22.4 Å². The average Bonchev–Trinajstić information content (AvgIpc) is 2.62. The largest absolute Gasteiger partial charge is 0.493 e. The second-order valence-corrected chi connectivity index (χ2v) is 8.88. The maximum atomic E-state index is 14.0. The molecule has 1 unspecified atom stereocenters. The third-order valence-corrected chi connectivity index (χ3v) is 4.81. The Hall–Kier alpha value is -3.14. The minimum atomic E-state index is -2.90. The highest BCUT2D eigenvalue weighted by molar-refractivity contribution is 7.90. The average molecular weight is 436 g/mol. The normalized spacial score (nSPS) is 13.0. The molecule has 3 rings (SSSR count). The molecule has 0 aliphatic carbocycles. The van der Waals surface area contributed by atoms with Crippen LogP contribution in [0.1, 0.15) is 12.5 Å². The molecule has 10 heteroatoms. The molecule has 30 heavy (non-hydrogen) atoms. The monoisotopic (exact) mass is 436 g/mol. The van der Waals surface area contributed by atoms with Crippen molar-refractivity contribution in [2.24, 2.45) is 0 Å². The number of pyridine rings is 2. The SMILES string of the molecule is CCOc1cc(F)ccc1-c1cc(F)cnc1Nc1cc(CS(C)(=N)=O)cc(F)n1. The molecule has 0 radical (unpaired) electrons. The number of nitrogens with zero attached hydrogens (tertiary/aromatic N) is 2. The first-order chi connectivity index (χ1) is 14.1. The van der Waals surface area contributed by atoms with Gasteiger partial charge in [0.25, 0.3) is 0 Å². The summed E-state index contributed by atoms with van der Waals surface area (Å²) < 4.78 is 66.3. The van der Waals surface area contributed by atoms with Gasteiger partial charge in [0, 0.05) is 33.2 Å². The highest BCUT2D eigenvalue weighted by Crippen LogP contribution is 2.36. The molecular formula is C20H19F3N4O2S. The Morgan fingerprint density at radius 1 is 1.10 bits per heavy atom. The lowest BCUT2D eigenvalue weighted by molar-refractivity contribution is 0.339. The fraction of sp³-hybridized carbons (Fsp3) is 0.200. The second-order valence-electron chi connectivity index (χ2n) is 6.58. The zero-order valence-corrected chi connectivity index (χ0v) is 17.0. The van der Waals surface area contributed by atoms with Gasteiger partial charge in [-0.05, 0) is 42.8 Å². The lowest BCUT2D eigenvalue weighted by atomic mass is 10.0. The molecule has 3 aromatic rings. The number of halogens is 3. The number of nitrogens with one attached hydrogen (secondary N) is 2. The van der Waals surface area contributed by atoms with Gasteiger partial charge >= 0.3 is 0 Å². The van der Waals surface area contributed by atoms with Crippen LogP contribution in [-0.2, 0) is 15.5 Å². The third kappa shape index (κ3) is 5.47. The van der Waals surface area contributed by atoms with E-state index in [1.807, 2.05) is 0 Å². The molecule has 2 N–H and O–H groups in total. The Morgan fingerprint density at radius 2 is 1.87 bits per heavy atom. The van der Waals surface area contributed by atoms with Gasteiger partial charge in [-0.2, -0.15) is 4.39 Å². The molecule has 2 heterocycles. The molecule has 0 saturated heterocycles. The molecule has 0 spiro atoms. The number of benzene rings is 1. The molecule has 0 amide bonds. The lowest BCUT2D eigenvalue weighted by Gasteiger charge is -2.15. The van der Waals surface area contributed by atoms with E-state index in [2.05, 4.69) is 15.3 Å². The molecule has 6 nitrogen and oxygen atoms in total. The van der Waals surface area contributed by atoms with Gasteiger partial charge in [-0.25, -0.2) is 23.0 Å². The molecule has 0 bridgehead atoms. The smallest absolute Gasteiger partial charge is 0.215 e. The Morgan fingerprint density at radius 3 is 2.57 bits per heavy atom. The quantitative estimate of drug-likeness (QED) is 0.516. The minimum Gasteiger partial charge on any atom is -0.493 e. The number of hydrogen-bond acceptors (Lipinski definition) is 6. The second kappa shape index (κ2) is 8.70. The molecule has 0 aliphatic heterocycles. The summed E-state index contributed by atoms with van der Waals surface area (Å²) in [5, 5.41) is 2.82. The van der Waals surface area contributed by atoms with Crippen LogP contribution in [0.4, 0.5) is 24.8 Å². The van der Waals surface area contributed by atoms with E-state index in [9.17, 15) is 17.4 Å². The minimum absolute atomic E-state index is 0.0362. The van der Waals surface area contributed by atoms with Gasteiger partial charge in [-0.1, -0.05) is 0 Å². The molecular weight excluding hydrogens is 417 g/mol. The predicted molar refractivity (Wildman–Crippen MR) is 109 cm³/mol. The van der Waals surface area contributed by atoms with E-state index >= 15 is 0 Å². The third-order valence-electron chi connectivity index (χ3n) is 3.93. The van der Waals surface area contributed by atoms with Gasteiger partial charge in [0.15, 0.2) is 0 Å². The van der Waals surface area contributed by atoms with Crippen molar-refractivity contribution in [2.45, 2.75) is 12.7 Å². The summed E-state index contributed by atoms with van der Waals surface area (Å²) in [7, 11) is -2.90. The van der Waals surface area contributed by atoms with Crippen LogP contribution in [0.15, 0.2) is 42.6 Å². The van der Waals surface area contributed by atoms with E-state index in [-0.39, 0.29) is 35.3 Å². The highest BCUT2D eigenvalue weighted by Gasteiger charge is 2.16. The molecule has 1 aromatic carbocycles. The van der Waals surface area contributed by atoms with Crippen molar-refractivity contribution in [3.63, 3.8) is 0 Å². The standard InChI is InChI=1S/C20H19F3N4O2S/c1-3-29-17-9-13(21)4-5-15(17)16-8-14(22)10-25-20(16)27-19-7-12(6-18(23)26-19)11-30(2,24)28/h4-10,24H,3,11H2,1-2H3,(H,25,26,27). The topological polar surface area (TPSA) is 88.0 Å². The van der Waals surface area contributed by atoms with E-state index in [0.717, 1.165) is 12.3 Å². The molecule has 0 saturated carbocycles. The van der Waals surface area contributed by atoms with E-state index in [1.165, 1.54) is 36.6 Å². The summed E-state index contributed by atoms with van der Waals surface area (Å²) in [6, 6.07) is 7.53. The van der Waals surface area contributed by atoms with E-state index in [4.69, 9.17) is 9.52 Å². The van der Waals surface area contributed by atoms with E-state index in [0.29, 0.717) is 11.1 Å². The first-order valence-electron chi connectivity index (χ1n) is 8.88. The summed E-state index contributed by atoms with van der Waals surface area (Å²) >= 11 is 0. The van der Waals surface area contributed by atoms with Crippen molar-refractivity contribution in [3.8, 4) is 16.9 Å². The number of aromatic nitrogens is 2. The number of anilines is 2. The van der Waals surface area contributed by atoms with Crippen LogP contribution in [0.25, 0.3) is 11.1 Å². The van der Waals surface area contributed by atoms with Gasteiger partial charge in [-0.15, -0.1) is 0 Å². The predicted octanol–water partition coefficient (Wildman–Crippen LogP) is 4.88. The Kier molecular flexibility index (Phi) is 6.25. The van der Waals surface area contributed by atoms with Crippen LogP contribution in [0.2, 0.25) is 0 Å². The van der Waals surface area contributed by atoms with E-state index in [1.54, 1.807) is 6.92 Å². The fourth-order valence-electron chi connectivity index (χ4n) is 2.87. The number of ether oxygens (including phenoxy) is 1. The Balaban J connectivity index is 2.06. The fourth-order valence-corrected chi connectivity index (χ4v) is 3.68. The summed E-state index contributed by atoms with van der Waals surface area (Å²) in [4.78, 5) is 7.75. The van der Waals surface area contributed by atoms with Gasteiger partial charge in [0.05, 0.1) is 18.6 Å². The zero-order chi connectivity index (χ0) is 21.9. The van der Waals surface area contributed by atoms with Crippen LogP contribution in [0.3, 0.4) is 0 Å². The molecule has 0 aliphatic rings. The maximum Gasteiger partial charge on any atom is 0.215 e. The highest BCUT2D eigenvalue weighted by atomic mass is 32.2. The van der Waals surface area contributed by atoms with E-state index < -0.39 is 27.3 Å². The van der Waals surface area contributed by atoms with Crippen molar-refractivity contribution in [1.82, 2.24) is 9.97 Å². The molecule has 2 aromatic heterocycles. The van der Waals surface area contributed by atoms with Gasteiger partial charge < -0.3 is 10.1 Å². The van der Waals surface area contributed by atoms with Crippen molar-refractivity contribution in [2.75, 3.05) is 18.2 Å². The van der Waals surface area contributed by atoms with Crippen LogP contribution < -0.4 is 10.1 Å². The first-order valence-corrected chi connectivity index (χ1v) is 11.0. The number of hydrogen-bond donors (Lipinski definition) is 2. The van der Waals surface area contributed by atoms with Crippen molar-refractivity contribution >= 4 is 21.4 Å². The van der Waals surface area contributed by atoms with Crippen LogP contribution >= 0.6 is 0 Å². The zero-order valence-electron chi connectivity index (χ0n) is 16.2. The Bertz CT molecular complexity index is 1190. The summed E-state index contributed by atoms with van der Waals surface area (Å²) in [5.74, 6) is -1.77. The molecule has 1 atom stereocenters.